The molecule has 1 aromatic carbocycles. The molecule has 2 rings (SSSR count). The number of rotatable bonds is 1. The largest absolute Gasteiger partial charge is 0.321 e. The van der Waals surface area contributed by atoms with Crippen LogP contribution in [0.25, 0.3) is 0 Å². The molecule has 0 aliphatic heterocycles. The molecule has 0 amide bonds. The van der Waals surface area contributed by atoms with E-state index in [0.717, 1.165) is 25.7 Å². The van der Waals surface area contributed by atoms with Gasteiger partial charge < -0.3 is 5.73 Å². The van der Waals surface area contributed by atoms with Crippen molar-refractivity contribution in [2.45, 2.75) is 44.6 Å². The van der Waals surface area contributed by atoms with E-state index in [2.05, 4.69) is 6.92 Å². The molecule has 0 bridgehead atoms. The van der Waals surface area contributed by atoms with Gasteiger partial charge in [0.15, 0.2) is 0 Å². The van der Waals surface area contributed by atoms with Gasteiger partial charge in [0, 0.05) is 16.1 Å². The van der Waals surface area contributed by atoms with Gasteiger partial charge in [0.05, 0.1) is 0 Å². The first-order valence-corrected chi connectivity index (χ1v) is 6.63. The molecule has 0 spiro atoms. The lowest BCUT2D eigenvalue weighted by Gasteiger charge is -2.29. The molecule has 0 saturated heterocycles. The van der Waals surface area contributed by atoms with Gasteiger partial charge in [-0.05, 0) is 37.3 Å². The Morgan fingerprint density at radius 1 is 1.35 bits per heavy atom. The fourth-order valence-corrected chi connectivity index (χ4v) is 2.86. The van der Waals surface area contributed by atoms with Gasteiger partial charge >= 0.3 is 0 Å². The molecule has 1 nitrogen and oxygen atoms in total. The SMILES string of the molecule is CC1CCCC(N)(c2ccc(Cl)cc2F)CC1. The average molecular weight is 256 g/mol. The summed E-state index contributed by atoms with van der Waals surface area (Å²) in [6.45, 7) is 2.24. The summed E-state index contributed by atoms with van der Waals surface area (Å²) in [5.41, 5.74) is 6.52. The third-order valence-corrected chi connectivity index (χ3v) is 4.11. The van der Waals surface area contributed by atoms with E-state index in [9.17, 15) is 4.39 Å². The zero-order valence-corrected chi connectivity index (χ0v) is 10.9. The topological polar surface area (TPSA) is 26.0 Å². The number of benzene rings is 1. The van der Waals surface area contributed by atoms with Crippen LogP contribution in [0.5, 0.6) is 0 Å². The Morgan fingerprint density at radius 3 is 2.82 bits per heavy atom. The molecule has 1 aromatic rings. The molecule has 0 radical (unpaired) electrons. The lowest BCUT2D eigenvalue weighted by molar-refractivity contribution is 0.362. The zero-order chi connectivity index (χ0) is 12.5. The van der Waals surface area contributed by atoms with Crippen molar-refractivity contribution in [3.05, 3.63) is 34.6 Å². The van der Waals surface area contributed by atoms with Crippen molar-refractivity contribution in [2.24, 2.45) is 11.7 Å². The molecule has 0 aromatic heterocycles. The van der Waals surface area contributed by atoms with Crippen LogP contribution in [0.1, 0.15) is 44.6 Å². The Labute approximate surface area is 107 Å². The van der Waals surface area contributed by atoms with Crippen molar-refractivity contribution in [3.8, 4) is 0 Å². The maximum atomic E-state index is 13.9. The first-order chi connectivity index (χ1) is 8.01. The van der Waals surface area contributed by atoms with E-state index in [0.29, 0.717) is 16.5 Å². The van der Waals surface area contributed by atoms with Crippen LogP contribution < -0.4 is 5.73 Å². The molecule has 0 heterocycles. The van der Waals surface area contributed by atoms with Crippen molar-refractivity contribution in [3.63, 3.8) is 0 Å². The van der Waals surface area contributed by atoms with Crippen LogP contribution >= 0.6 is 11.6 Å². The predicted molar refractivity (Wildman–Crippen MR) is 69.5 cm³/mol. The van der Waals surface area contributed by atoms with Gasteiger partial charge in [0.2, 0.25) is 0 Å². The number of hydrogen-bond donors (Lipinski definition) is 1. The van der Waals surface area contributed by atoms with Gasteiger partial charge in [-0.2, -0.15) is 0 Å². The summed E-state index contributed by atoms with van der Waals surface area (Å²) in [6, 6.07) is 4.83. The molecule has 94 valence electrons. The second kappa shape index (κ2) is 4.95. The van der Waals surface area contributed by atoms with Gasteiger partial charge in [-0.25, -0.2) is 4.39 Å². The second-order valence-corrected chi connectivity index (χ2v) is 5.75. The Balaban J connectivity index is 2.30. The molecule has 2 atom stereocenters. The van der Waals surface area contributed by atoms with E-state index in [-0.39, 0.29) is 5.82 Å². The molecule has 1 saturated carbocycles. The van der Waals surface area contributed by atoms with Crippen LogP contribution in [0.3, 0.4) is 0 Å². The molecule has 1 fully saturated rings. The van der Waals surface area contributed by atoms with Crippen molar-refractivity contribution in [1.82, 2.24) is 0 Å². The fraction of sp³-hybridized carbons (Fsp3) is 0.571. The maximum Gasteiger partial charge on any atom is 0.129 e. The molecule has 1 aliphatic carbocycles. The summed E-state index contributed by atoms with van der Waals surface area (Å²) < 4.78 is 13.9. The molecular weight excluding hydrogens is 237 g/mol. The highest BCUT2D eigenvalue weighted by Crippen LogP contribution is 2.37. The van der Waals surface area contributed by atoms with Crippen LogP contribution in [0, 0.1) is 11.7 Å². The number of nitrogens with two attached hydrogens (primary N) is 1. The van der Waals surface area contributed by atoms with Crippen molar-refractivity contribution >= 4 is 11.6 Å². The Hall–Kier alpha value is -0.600. The van der Waals surface area contributed by atoms with Gasteiger partial charge in [-0.1, -0.05) is 37.4 Å². The van der Waals surface area contributed by atoms with Crippen LogP contribution in [-0.2, 0) is 5.54 Å². The van der Waals surface area contributed by atoms with E-state index >= 15 is 0 Å². The quantitative estimate of drug-likeness (QED) is 0.747. The van der Waals surface area contributed by atoms with E-state index in [1.54, 1.807) is 12.1 Å². The second-order valence-electron chi connectivity index (χ2n) is 5.32. The zero-order valence-electron chi connectivity index (χ0n) is 10.2. The van der Waals surface area contributed by atoms with E-state index in [4.69, 9.17) is 17.3 Å². The summed E-state index contributed by atoms with van der Waals surface area (Å²) >= 11 is 5.78. The van der Waals surface area contributed by atoms with Crippen LogP contribution in [0.15, 0.2) is 18.2 Å². The fourth-order valence-electron chi connectivity index (χ4n) is 2.70. The molecule has 17 heavy (non-hydrogen) atoms. The van der Waals surface area contributed by atoms with Gasteiger partial charge in [0.25, 0.3) is 0 Å². The lowest BCUT2D eigenvalue weighted by Crippen LogP contribution is -2.37. The van der Waals surface area contributed by atoms with Crippen LogP contribution in [0.4, 0.5) is 4.39 Å². The monoisotopic (exact) mass is 255 g/mol. The summed E-state index contributed by atoms with van der Waals surface area (Å²) in [6.07, 6.45) is 5.04. The first-order valence-electron chi connectivity index (χ1n) is 6.26. The van der Waals surface area contributed by atoms with Crippen molar-refractivity contribution < 1.29 is 4.39 Å². The Kier molecular flexibility index (Phi) is 3.74. The smallest absolute Gasteiger partial charge is 0.129 e. The first kappa shape index (κ1) is 12.8. The van der Waals surface area contributed by atoms with Crippen molar-refractivity contribution in [2.75, 3.05) is 0 Å². The minimum atomic E-state index is -0.514. The maximum absolute atomic E-state index is 13.9. The summed E-state index contributed by atoms with van der Waals surface area (Å²) in [4.78, 5) is 0. The standard InChI is InChI=1S/C14H19ClFN/c1-10-3-2-7-14(17,8-6-10)12-5-4-11(15)9-13(12)16/h4-5,9-10H,2-3,6-8,17H2,1H3. The number of hydrogen-bond acceptors (Lipinski definition) is 1. The summed E-state index contributed by atoms with van der Waals surface area (Å²) in [5, 5.41) is 0.428. The molecule has 1 aliphatic rings. The van der Waals surface area contributed by atoms with Crippen LogP contribution in [-0.4, -0.2) is 0 Å². The van der Waals surface area contributed by atoms with Crippen LogP contribution in [0.2, 0.25) is 5.02 Å². The normalized spacial score (nSPS) is 30.0. The highest BCUT2D eigenvalue weighted by Gasteiger charge is 2.32. The minimum absolute atomic E-state index is 0.269. The molecule has 2 N–H and O–H groups in total. The highest BCUT2D eigenvalue weighted by molar-refractivity contribution is 6.30. The summed E-state index contributed by atoms with van der Waals surface area (Å²) in [5.74, 6) is 0.422. The molecule has 3 heteroatoms. The highest BCUT2D eigenvalue weighted by atomic mass is 35.5. The minimum Gasteiger partial charge on any atom is -0.321 e. The van der Waals surface area contributed by atoms with Gasteiger partial charge in [-0.3, -0.25) is 0 Å². The Bertz CT molecular complexity index is 407. The predicted octanol–water partition coefficient (Wildman–Crippen LogP) is 4.23. The van der Waals surface area contributed by atoms with Crippen molar-refractivity contribution in [1.29, 1.82) is 0 Å². The van der Waals surface area contributed by atoms with Gasteiger partial charge in [0.1, 0.15) is 5.82 Å². The average Bonchev–Trinajstić information content (AvgIpc) is 2.42. The number of halogens is 2. The van der Waals surface area contributed by atoms with E-state index in [1.165, 1.54) is 12.5 Å². The van der Waals surface area contributed by atoms with Gasteiger partial charge in [-0.15, -0.1) is 0 Å². The van der Waals surface area contributed by atoms with E-state index < -0.39 is 5.54 Å². The third-order valence-electron chi connectivity index (χ3n) is 3.87. The van der Waals surface area contributed by atoms with E-state index in [1.807, 2.05) is 0 Å². The summed E-state index contributed by atoms with van der Waals surface area (Å²) in [7, 11) is 0. The third kappa shape index (κ3) is 2.80. The molecule has 2 unspecified atom stereocenters. The lowest BCUT2D eigenvalue weighted by atomic mass is 9.83. The molecular formula is C14H19ClFN. The Morgan fingerprint density at radius 2 is 2.12 bits per heavy atom.